The number of thioether (sulfide) groups is 5. The van der Waals surface area contributed by atoms with Crippen molar-refractivity contribution >= 4 is 86.9 Å². The number of ether oxygens (including phenoxy) is 2. The summed E-state index contributed by atoms with van der Waals surface area (Å²) >= 11 is 6.89. The Labute approximate surface area is 301 Å². The third-order valence-corrected chi connectivity index (χ3v) is 11.2. The van der Waals surface area contributed by atoms with Crippen LogP contribution in [0.2, 0.25) is 0 Å². The van der Waals surface area contributed by atoms with Crippen LogP contribution in [0.4, 0.5) is 0 Å². The Morgan fingerprint density at radius 3 is 2.33 bits per heavy atom. The highest BCUT2D eigenvalue weighted by molar-refractivity contribution is 8.13. The van der Waals surface area contributed by atoms with Crippen molar-refractivity contribution in [2.75, 3.05) is 24.9 Å². The van der Waals surface area contributed by atoms with Crippen LogP contribution in [0.3, 0.4) is 0 Å². The quantitative estimate of drug-likeness (QED) is 0.0564. The number of amides is 2. The fraction of sp³-hybridized carbons (Fsp3) is 0.321. The van der Waals surface area contributed by atoms with E-state index in [9.17, 15) is 14.4 Å². The molecule has 0 unspecified atom stereocenters. The van der Waals surface area contributed by atoms with Gasteiger partial charge in [-0.05, 0) is 64.7 Å². The van der Waals surface area contributed by atoms with Gasteiger partial charge in [-0.2, -0.15) is 11.8 Å². The lowest BCUT2D eigenvalue weighted by atomic mass is 10.1. The molecule has 2 aliphatic heterocycles. The molecule has 0 aromatic heterocycles. The molecule has 0 saturated carbocycles. The third kappa shape index (κ3) is 10.3. The molecule has 2 atom stereocenters. The molecule has 250 valence electrons. The maximum atomic E-state index is 13.7. The van der Waals surface area contributed by atoms with Crippen molar-refractivity contribution in [2.24, 2.45) is 11.5 Å². The van der Waals surface area contributed by atoms with Gasteiger partial charge in [0.25, 0.3) is 16.2 Å². The predicted molar refractivity (Wildman–Crippen MR) is 180 cm³/mol. The summed E-state index contributed by atoms with van der Waals surface area (Å²) in [6.07, 6.45) is 1.82. The number of halogens is 2. The summed E-state index contributed by atoms with van der Waals surface area (Å²) < 4.78 is 10.9. The molecule has 0 spiro atoms. The molecule has 4 rings (SSSR count). The lowest BCUT2D eigenvalue weighted by Crippen LogP contribution is -3.00. The molecule has 0 radical (unpaired) electrons. The van der Waals surface area contributed by atoms with Crippen molar-refractivity contribution in [3.05, 3.63) is 69.8 Å². The van der Waals surface area contributed by atoms with Crippen LogP contribution in [-0.4, -0.2) is 69.3 Å². The Morgan fingerprint density at radius 1 is 1.04 bits per heavy atom. The number of carbonyl (C=O) groups excluding carboxylic acids is 3. The van der Waals surface area contributed by atoms with Gasteiger partial charge in [0.05, 0.1) is 12.9 Å². The highest BCUT2D eigenvalue weighted by Gasteiger charge is 2.54. The summed E-state index contributed by atoms with van der Waals surface area (Å²) in [5.41, 5.74) is 14.3. The predicted octanol–water partition coefficient (Wildman–Crippen LogP) is -5.87. The molecule has 2 aromatic carbocycles. The minimum Gasteiger partial charge on any atom is -1.00 e. The zero-order valence-corrected chi connectivity index (χ0v) is 30.4. The van der Waals surface area contributed by atoms with Crippen LogP contribution in [0.25, 0.3) is 0 Å². The maximum Gasteiger partial charge on any atom is 0.356 e. The highest BCUT2D eigenvalue weighted by Crippen LogP contribution is 2.46. The number of rotatable bonds is 13. The Bertz CT molecular complexity index is 1480. The van der Waals surface area contributed by atoms with Crippen molar-refractivity contribution in [3.8, 4) is 5.75 Å². The molecule has 1 saturated heterocycles. The van der Waals surface area contributed by atoms with E-state index in [0.717, 1.165) is 21.6 Å². The van der Waals surface area contributed by atoms with Crippen molar-refractivity contribution in [1.29, 1.82) is 0 Å². The largest absolute Gasteiger partial charge is 1.00 e. The third-order valence-electron chi connectivity index (χ3n) is 6.41. The van der Waals surface area contributed by atoms with Crippen LogP contribution in [0.5, 0.6) is 5.75 Å². The van der Waals surface area contributed by atoms with Crippen LogP contribution in [0, 0.1) is 0 Å². The van der Waals surface area contributed by atoms with Gasteiger partial charge in [0.15, 0.2) is 0 Å². The van der Waals surface area contributed by atoms with E-state index in [1.165, 1.54) is 63.7 Å². The first-order chi connectivity index (χ1) is 21.1. The fourth-order valence-corrected chi connectivity index (χ4v) is 8.43. The second kappa shape index (κ2) is 18.9. The van der Waals surface area contributed by atoms with Crippen LogP contribution in [0.15, 0.2) is 58.0 Å². The van der Waals surface area contributed by atoms with Gasteiger partial charge >= 0.3 is 5.97 Å². The molecule has 2 aliphatic rings. The van der Waals surface area contributed by atoms with Gasteiger partial charge in [-0.15, -0.1) is 11.8 Å². The van der Waals surface area contributed by atoms with Gasteiger partial charge < -0.3 is 39.6 Å². The Hall–Kier alpha value is -2.34. The van der Waals surface area contributed by atoms with Crippen LogP contribution >= 0.6 is 58.8 Å². The van der Waals surface area contributed by atoms with E-state index >= 15 is 0 Å². The molecule has 0 bridgehead atoms. The fourth-order valence-electron chi connectivity index (χ4n) is 4.34. The van der Waals surface area contributed by atoms with Crippen LogP contribution in [-0.2, 0) is 37.2 Å². The summed E-state index contributed by atoms with van der Waals surface area (Å²) in [4.78, 5) is 42.3. The zero-order valence-electron chi connectivity index (χ0n) is 24.8. The SMILES string of the molecule is COc1ccc(COC(=O)C2=C(Sc3ccc(CSC(N)=[NH2+])cc3CSC(N)=[NH2+])CS[C@@H]3[C@H](NC(=O)CSC)C(=O)N23)cc1.[Cl-].[Cl-]. The normalized spacial score (nSPS) is 16.7. The van der Waals surface area contributed by atoms with Crippen LogP contribution in [0.1, 0.15) is 16.7 Å². The lowest BCUT2D eigenvalue weighted by Gasteiger charge is -2.49. The minimum absolute atomic E-state index is 0. The molecule has 46 heavy (non-hydrogen) atoms. The smallest absolute Gasteiger partial charge is 0.356 e. The number of nitrogens with two attached hydrogens (primary N) is 4. The molecule has 0 aliphatic carbocycles. The van der Waals surface area contributed by atoms with Crippen molar-refractivity contribution in [2.45, 2.75) is 34.4 Å². The molecule has 2 heterocycles. The van der Waals surface area contributed by atoms with Gasteiger partial charge in [-0.1, -0.05) is 36.0 Å². The number of hydrogen-bond acceptors (Lipinski definition) is 10. The number of nitrogens with zero attached hydrogens (tertiary/aromatic N) is 1. The maximum absolute atomic E-state index is 13.7. The number of β-lactam (4-membered cyclic amide) rings is 1. The molecular weight excluding hydrogens is 732 g/mol. The van der Waals surface area contributed by atoms with Gasteiger partial charge in [0.2, 0.25) is 5.91 Å². The van der Waals surface area contributed by atoms with E-state index in [-0.39, 0.29) is 65.0 Å². The van der Waals surface area contributed by atoms with Crippen molar-refractivity contribution in [3.63, 3.8) is 0 Å². The number of benzene rings is 2. The van der Waals surface area contributed by atoms with Crippen molar-refractivity contribution in [1.82, 2.24) is 10.2 Å². The summed E-state index contributed by atoms with van der Waals surface area (Å²) in [6.45, 7) is 0.0131. The first kappa shape index (κ1) is 39.8. The number of nitrogens with one attached hydrogen (secondary N) is 1. The zero-order chi connectivity index (χ0) is 31.8. The lowest BCUT2D eigenvalue weighted by molar-refractivity contribution is -0.153. The summed E-state index contributed by atoms with van der Waals surface area (Å²) in [7, 11) is 1.58. The molecule has 2 amide bonds. The van der Waals surface area contributed by atoms with E-state index in [2.05, 4.69) is 5.32 Å². The van der Waals surface area contributed by atoms with Gasteiger partial charge in [0.1, 0.15) is 29.5 Å². The highest BCUT2D eigenvalue weighted by atomic mass is 35.5. The number of methoxy groups -OCH3 is 1. The van der Waals surface area contributed by atoms with E-state index in [1.807, 2.05) is 36.6 Å². The second-order valence-electron chi connectivity index (χ2n) is 9.51. The van der Waals surface area contributed by atoms with E-state index in [0.29, 0.717) is 27.9 Å². The van der Waals surface area contributed by atoms with E-state index in [1.54, 1.807) is 19.2 Å². The van der Waals surface area contributed by atoms with Gasteiger partial charge in [-0.3, -0.25) is 36.8 Å². The average Bonchev–Trinajstić information content (AvgIpc) is 3.01. The van der Waals surface area contributed by atoms with Gasteiger partial charge in [-0.25, -0.2) is 4.79 Å². The number of fused-ring (bicyclic) bond motifs is 1. The first-order valence-corrected chi connectivity index (χ1v) is 18.4. The topological polar surface area (TPSA) is 188 Å². The van der Waals surface area contributed by atoms with Crippen LogP contribution < -0.4 is 57.2 Å². The molecule has 9 N–H and O–H groups in total. The van der Waals surface area contributed by atoms with Crippen molar-refractivity contribution < 1.29 is 59.5 Å². The Kier molecular flexibility index (Phi) is 16.3. The molecule has 1 fully saturated rings. The second-order valence-corrected chi connectivity index (χ2v) is 14.7. The minimum atomic E-state index is -0.714. The number of hydrogen-bond donors (Lipinski definition) is 5. The van der Waals surface area contributed by atoms with E-state index in [4.69, 9.17) is 31.8 Å². The standard InChI is InChI=1S/C28H32N6O5S5.2ClH/c1-38-18-6-3-15(4-7-18)10-39-26(37)23-20(13-41-25-22(24(36)34(23)25)33-21(35)14-40-2)44-19-8-5-16(11-42-27(29)30)9-17(19)12-43-28(31)32;;/h3-9,22,25H,10-14H2,1-2H3,(H3,29,30)(H3,31,32)(H,33,35);2*1H/t22-,25-;;/m1../s1. The molecule has 2 aromatic rings. The Morgan fingerprint density at radius 2 is 1.70 bits per heavy atom. The van der Waals surface area contributed by atoms with E-state index < -0.39 is 17.4 Å². The number of esters is 1. The first-order valence-electron chi connectivity index (χ1n) is 13.2. The van der Waals surface area contributed by atoms with Gasteiger partial charge in [0, 0.05) is 27.1 Å². The molecule has 18 heteroatoms. The molecule has 11 nitrogen and oxygen atoms in total. The average molecular weight is 766 g/mol. The summed E-state index contributed by atoms with van der Waals surface area (Å²) in [5, 5.41) is 14.3. The number of amidine groups is 2. The number of carbonyl (C=O) groups is 3. The Balaban J connectivity index is 0.00000368. The summed E-state index contributed by atoms with van der Waals surface area (Å²) in [5.74, 6) is 1.25. The summed E-state index contributed by atoms with van der Waals surface area (Å²) in [6, 6.07) is 12.4. The molecular formula is C28H34Cl2N6O5S5. The monoisotopic (exact) mass is 764 g/mol.